The molecule has 2 amide bonds. The lowest BCUT2D eigenvalue weighted by molar-refractivity contribution is 0.0600. The van der Waals surface area contributed by atoms with Crippen LogP contribution in [0.15, 0.2) is 48.5 Å². The second kappa shape index (κ2) is 8.45. The molecular formula is C18H18N2O6S. The molecule has 0 saturated heterocycles. The number of hydrogen-bond donors (Lipinski definition) is 2. The van der Waals surface area contributed by atoms with Gasteiger partial charge in [-0.25, -0.2) is 22.7 Å². The number of anilines is 1. The number of hydrogen-bond acceptors (Lipinski definition) is 6. The summed E-state index contributed by atoms with van der Waals surface area (Å²) in [7, 11) is -2.93. The number of carbonyl (C=O) groups excluding carboxylic acids is 3. The third kappa shape index (κ3) is 5.93. The second-order valence-corrected chi connectivity index (χ2v) is 7.40. The standard InChI is InChI=1S/C18H18N2O6S/c1-12-3-5-13(6-4-12)16(21)11-27(24,25)20-18(23)19-15-9-7-14(8-10-15)17(22)26-2/h3-10H,11H2,1-2H3,(H2,19,20,23). The first-order chi connectivity index (χ1) is 12.7. The molecule has 2 rings (SSSR count). The summed E-state index contributed by atoms with van der Waals surface area (Å²) in [5.74, 6) is -2.02. The Morgan fingerprint density at radius 2 is 1.48 bits per heavy atom. The van der Waals surface area contributed by atoms with Crippen LogP contribution in [0, 0.1) is 6.92 Å². The van der Waals surface area contributed by atoms with E-state index in [1.807, 2.05) is 6.92 Å². The van der Waals surface area contributed by atoms with Gasteiger partial charge in [-0.15, -0.1) is 0 Å². The number of benzene rings is 2. The largest absolute Gasteiger partial charge is 0.465 e. The number of ketones is 1. The number of methoxy groups -OCH3 is 1. The molecule has 9 heteroatoms. The van der Waals surface area contributed by atoms with Crippen molar-refractivity contribution in [1.82, 2.24) is 4.72 Å². The summed E-state index contributed by atoms with van der Waals surface area (Å²) in [6.45, 7) is 1.84. The molecule has 0 saturated carbocycles. The zero-order chi connectivity index (χ0) is 20.0. The Hall–Kier alpha value is -3.20. The lowest BCUT2D eigenvalue weighted by Gasteiger charge is -2.09. The van der Waals surface area contributed by atoms with Crippen LogP contribution in [0.3, 0.4) is 0 Å². The van der Waals surface area contributed by atoms with Crippen LogP contribution in [0.5, 0.6) is 0 Å². The number of urea groups is 1. The summed E-state index contributed by atoms with van der Waals surface area (Å²) in [5.41, 5.74) is 1.72. The van der Waals surface area contributed by atoms with Gasteiger partial charge < -0.3 is 10.1 Å². The van der Waals surface area contributed by atoms with E-state index < -0.39 is 33.6 Å². The van der Waals surface area contributed by atoms with Crippen LogP contribution in [0.1, 0.15) is 26.3 Å². The van der Waals surface area contributed by atoms with Gasteiger partial charge in [0.2, 0.25) is 10.0 Å². The summed E-state index contributed by atoms with van der Waals surface area (Å²) < 4.78 is 30.3. The highest BCUT2D eigenvalue weighted by molar-refractivity contribution is 7.90. The third-order valence-corrected chi connectivity index (χ3v) is 4.65. The van der Waals surface area contributed by atoms with Crippen LogP contribution >= 0.6 is 0 Å². The Labute approximate surface area is 156 Å². The lowest BCUT2D eigenvalue weighted by Crippen LogP contribution is -2.37. The summed E-state index contributed by atoms with van der Waals surface area (Å²) in [4.78, 5) is 35.2. The van der Waals surface area contributed by atoms with Gasteiger partial charge in [-0.05, 0) is 31.2 Å². The highest BCUT2D eigenvalue weighted by Crippen LogP contribution is 2.10. The molecule has 2 aromatic rings. The lowest BCUT2D eigenvalue weighted by atomic mass is 10.1. The van der Waals surface area contributed by atoms with Gasteiger partial charge in [0.15, 0.2) is 5.78 Å². The number of aryl methyl sites for hydroxylation is 1. The Kier molecular flexibility index (Phi) is 6.30. The van der Waals surface area contributed by atoms with Gasteiger partial charge in [0, 0.05) is 11.3 Å². The highest BCUT2D eigenvalue weighted by Gasteiger charge is 2.20. The molecule has 27 heavy (non-hydrogen) atoms. The molecule has 0 heterocycles. The summed E-state index contributed by atoms with van der Waals surface area (Å²) in [6, 6.07) is 11.1. The van der Waals surface area contributed by atoms with Crippen molar-refractivity contribution in [2.24, 2.45) is 0 Å². The van der Waals surface area contributed by atoms with Gasteiger partial charge in [0.05, 0.1) is 12.7 Å². The minimum atomic E-state index is -4.17. The van der Waals surface area contributed by atoms with Gasteiger partial charge in [0.25, 0.3) is 0 Å². The molecule has 0 bridgehead atoms. The number of esters is 1. The zero-order valence-corrected chi connectivity index (χ0v) is 15.5. The van der Waals surface area contributed by atoms with Crippen molar-refractivity contribution in [2.75, 3.05) is 18.2 Å². The fourth-order valence-corrected chi connectivity index (χ4v) is 3.05. The first-order valence-corrected chi connectivity index (χ1v) is 9.45. The maximum absolute atomic E-state index is 12.0. The Bertz CT molecular complexity index is 950. The number of amides is 2. The van der Waals surface area contributed by atoms with Crippen molar-refractivity contribution < 1.29 is 27.5 Å². The summed E-state index contributed by atoms with van der Waals surface area (Å²) in [6.07, 6.45) is 0. The van der Waals surface area contributed by atoms with E-state index in [0.29, 0.717) is 0 Å². The Balaban J connectivity index is 1.96. The molecule has 0 aliphatic carbocycles. The van der Waals surface area contributed by atoms with Gasteiger partial charge in [-0.3, -0.25) is 4.79 Å². The van der Waals surface area contributed by atoms with Crippen molar-refractivity contribution in [3.05, 3.63) is 65.2 Å². The minimum Gasteiger partial charge on any atom is -0.465 e. The average molecular weight is 390 g/mol. The normalized spacial score (nSPS) is 10.7. The Morgan fingerprint density at radius 1 is 0.926 bits per heavy atom. The zero-order valence-electron chi connectivity index (χ0n) is 14.7. The van der Waals surface area contributed by atoms with Gasteiger partial charge in [-0.1, -0.05) is 29.8 Å². The molecular weight excluding hydrogens is 372 g/mol. The third-order valence-electron chi connectivity index (χ3n) is 3.51. The Morgan fingerprint density at radius 3 is 2.04 bits per heavy atom. The molecule has 0 aliphatic rings. The molecule has 0 spiro atoms. The summed E-state index contributed by atoms with van der Waals surface area (Å²) in [5, 5.41) is 2.31. The van der Waals surface area contributed by atoms with E-state index in [1.54, 1.807) is 16.9 Å². The van der Waals surface area contributed by atoms with Crippen molar-refractivity contribution in [3.63, 3.8) is 0 Å². The maximum atomic E-state index is 12.0. The van der Waals surface area contributed by atoms with Crippen LogP contribution in [0.4, 0.5) is 10.5 Å². The fraction of sp³-hybridized carbons (Fsp3) is 0.167. The predicted molar refractivity (Wildman–Crippen MR) is 99.2 cm³/mol. The van der Waals surface area contributed by atoms with Crippen molar-refractivity contribution >= 4 is 33.5 Å². The van der Waals surface area contributed by atoms with E-state index in [-0.39, 0.29) is 16.8 Å². The first kappa shape index (κ1) is 20.1. The van der Waals surface area contributed by atoms with E-state index >= 15 is 0 Å². The second-order valence-electron chi connectivity index (χ2n) is 5.67. The predicted octanol–water partition coefficient (Wildman–Crippen LogP) is 2.12. The molecule has 2 N–H and O–H groups in total. The van der Waals surface area contributed by atoms with Crippen LogP contribution in [-0.4, -0.2) is 39.1 Å². The van der Waals surface area contributed by atoms with Crippen molar-refractivity contribution in [2.45, 2.75) is 6.92 Å². The molecule has 8 nitrogen and oxygen atoms in total. The SMILES string of the molecule is COC(=O)c1ccc(NC(=O)NS(=O)(=O)CC(=O)c2ccc(C)cc2)cc1. The number of ether oxygens (including phenoxy) is 1. The monoisotopic (exact) mass is 390 g/mol. The van der Waals surface area contributed by atoms with Gasteiger partial charge in [0.1, 0.15) is 5.75 Å². The first-order valence-electron chi connectivity index (χ1n) is 7.80. The van der Waals surface area contributed by atoms with E-state index in [0.717, 1.165) is 5.56 Å². The van der Waals surface area contributed by atoms with Crippen molar-refractivity contribution in [1.29, 1.82) is 0 Å². The van der Waals surface area contributed by atoms with Gasteiger partial charge >= 0.3 is 12.0 Å². The van der Waals surface area contributed by atoms with E-state index in [2.05, 4.69) is 10.1 Å². The van der Waals surface area contributed by atoms with Crippen LogP contribution in [0.2, 0.25) is 0 Å². The van der Waals surface area contributed by atoms with E-state index in [1.165, 1.54) is 43.5 Å². The van der Waals surface area contributed by atoms with Crippen LogP contribution < -0.4 is 10.0 Å². The quantitative estimate of drug-likeness (QED) is 0.576. The van der Waals surface area contributed by atoms with E-state index in [9.17, 15) is 22.8 Å². The molecule has 0 aromatic heterocycles. The number of carbonyl (C=O) groups is 3. The summed E-state index contributed by atoms with van der Waals surface area (Å²) >= 11 is 0. The molecule has 0 radical (unpaired) electrons. The highest BCUT2D eigenvalue weighted by atomic mass is 32.2. The molecule has 0 fully saturated rings. The van der Waals surface area contributed by atoms with Crippen LogP contribution in [0.25, 0.3) is 0 Å². The number of rotatable bonds is 6. The van der Waals surface area contributed by atoms with Crippen LogP contribution in [-0.2, 0) is 14.8 Å². The minimum absolute atomic E-state index is 0.241. The fourth-order valence-electron chi connectivity index (χ4n) is 2.14. The smallest absolute Gasteiger partial charge is 0.337 e. The topological polar surface area (TPSA) is 119 Å². The average Bonchev–Trinajstić information content (AvgIpc) is 2.61. The van der Waals surface area contributed by atoms with E-state index in [4.69, 9.17) is 0 Å². The molecule has 0 atom stereocenters. The molecule has 0 aliphatic heterocycles. The number of sulfonamides is 1. The number of nitrogens with one attached hydrogen (secondary N) is 2. The number of Topliss-reactive ketones (excluding diaryl/α,β-unsaturated/α-hetero) is 1. The molecule has 0 unspecified atom stereocenters. The van der Waals surface area contributed by atoms with Gasteiger partial charge in [-0.2, -0.15) is 0 Å². The molecule has 2 aromatic carbocycles. The maximum Gasteiger partial charge on any atom is 0.337 e. The van der Waals surface area contributed by atoms with Crippen molar-refractivity contribution in [3.8, 4) is 0 Å². The molecule has 142 valence electrons.